The summed E-state index contributed by atoms with van der Waals surface area (Å²) in [6.07, 6.45) is 0. The normalized spacial score (nSPS) is 25.4. The van der Waals surface area contributed by atoms with Gasteiger partial charge in [-0.3, -0.25) is 15.1 Å². The minimum atomic E-state index is -0.738. The number of nitrogens with one attached hydrogen (secondary N) is 2. The highest BCUT2D eigenvalue weighted by atomic mass is 127. The molecule has 1 aliphatic rings. The molecule has 1 aromatic carbocycles. The Morgan fingerprint density at radius 1 is 1.28 bits per heavy atom. The molecule has 5 heteroatoms. The molecule has 0 aromatic heterocycles. The van der Waals surface area contributed by atoms with Crippen LogP contribution in [-0.4, -0.2) is 17.9 Å². The Balaban J connectivity index is 2.32. The van der Waals surface area contributed by atoms with E-state index >= 15 is 0 Å². The average molecular weight is 357 g/mol. The fraction of sp³-hybridized carbons (Fsp3) is 0.385. The first-order valence-corrected chi connectivity index (χ1v) is 6.93. The molecule has 1 amide bonds. The van der Waals surface area contributed by atoms with Crippen LogP contribution in [0.1, 0.15) is 26.3 Å². The van der Waals surface area contributed by atoms with E-state index in [0.717, 1.165) is 9.13 Å². The summed E-state index contributed by atoms with van der Waals surface area (Å²) in [5, 5.41) is 5.96. The maximum absolute atomic E-state index is 12.1. The SMILES string of the molecule is CC(C)N=C1NC(=O)C(C)(c2ccc(I)cc2)N1. The van der Waals surface area contributed by atoms with E-state index in [2.05, 4.69) is 38.2 Å². The number of amides is 1. The Hall–Kier alpha value is -1.11. The standard InChI is InChI=1S/C13H16IN3O/c1-8(2)15-12-16-11(18)13(3,17-12)9-4-6-10(14)7-5-9/h4-8H,1-3H3,(H2,15,16,17,18). The molecular weight excluding hydrogens is 341 g/mol. The Morgan fingerprint density at radius 2 is 1.89 bits per heavy atom. The summed E-state index contributed by atoms with van der Waals surface area (Å²) < 4.78 is 1.15. The van der Waals surface area contributed by atoms with Gasteiger partial charge < -0.3 is 5.32 Å². The van der Waals surface area contributed by atoms with Crippen molar-refractivity contribution >= 4 is 34.5 Å². The lowest BCUT2D eigenvalue weighted by Gasteiger charge is -2.21. The third-order valence-corrected chi connectivity index (χ3v) is 3.58. The molecule has 2 N–H and O–H groups in total. The van der Waals surface area contributed by atoms with Crippen molar-refractivity contribution in [1.82, 2.24) is 10.6 Å². The van der Waals surface area contributed by atoms with Crippen molar-refractivity contribution in [2.24, 2.45) is 4.99 Å². The van der Waals surface area contributed by atoms with Gasteiger partial charge >= 0.3 is 0 Å². The topological polar surface area (TPSA) is 53.5 Å². The quantitative estimate of drug-likeness (QED) is 0.796. The van der Waals surface area contributed by atoms with E-state index in [9.17, 15) is 4.79 Å². The molecular formula is C13H16IN3O. The van der Waals surface area contributed by atoms with Crippen molar-refractivity contribution < 1.29 is 4.79 Å². The van der Waals surface area contributed by atoms with Gasteiger partial charge in [-0.25, -0.2) is 0 Å². The van der Waals surface area contributed by atoms with Gasteiger partial charge in [-0.2, -0.15) is 0 Å². The maximum atomic E-state index is 12.1. The Labute approximate surface area is 120 Å². The minimum absolute atomic E-state index is 0.0666. The number of carbonyl (C=O) groups excluding carboxylic acids is 1. The molecule has 0 aliphatic carbocycles. The van der Waals surface area contributed by atoms with Crippen LogP contribution in [0.15, 0.2) is 29.3 Å². The van der Waals surface area contributed by atoms with Crippen LogP contribution in [-0.2, 0) is 10.3 Å². The second-order valence-corrected chi connectivity index (χ2v) is 6.03. The van der Waals surface area contributed by atoms with E-state index in [1.165, 1.54) is 0 Å². The van der Waals surface area contributed by atoms with Gasteiger partial charge in [0.1, 0.15) is 5.54 Å². The van der Waals surface area contributed by atoms with Crippen LogP contribution in [0.3, 0.4) is 0 Å². The highest BCUT2D eigenvalue weighted by Gasteiger charge is 2.42. The molecule has 1 unspecified atom stereocenters. The fourth-order valence-electron chi connectivity index (χ4n) is 1.87. The van der Waals surface area contributed by atoms with Gasteiger partial charge in [-0.05, 0) is 61.1 Å². The molecule has 1 aliphatic heterocycles. The minimum Gasteiger partial charge on any atom is -0.338 e. The number of benzene rings is 1. The largest absolute Gasteiger partial charge is 0.338 e. The van der Waals surface area contributed by atoms with Crippen molar-refractivity contribution in [3.8, 4) is 0 Å². The Kier molecular flexibility index (Phi) is 3.61. The number of hydrogen-bond acceptors (Lipinski definition) is 2. The lowest BCUT2D eigenvalue weighted by molar-refractivity contribution is -0.123. The molecule has 96 valence electrons. The predicted octanol–water partition coefficient (Wildman–Crippen LogP) is 1.99. The highest BCUT2D eigenvalue weighted by molar-refractivity contribution is 14.1. The number of aliphatic imine (C=N–C) groups is 1. The lowest BCUT2D eigenvalue weighted by atomic mass is 9.92. The van der Waals surface area contributed by atoms with Crippen LogP contribution >= 0.6 is 22.6 Å². The number of hydrogen-bond donors (Lipinski definition) is 2. The van der Waals surface area contributed by atoms with Crippen molar-refractivity contribution in [2.75, 3.05) is 0 Å². The summed E-state index contributed by atoms with van der Waals surface area (Å²) in [5.41, 5.74) is 0.201. The van der Waals surface area contributed by atoms with E-state index < -0.39 is 5.54 Å². The summed E-state index contributed by atoms with van der Waals surface area (Å²) in [7, 11) is 0. The smallest absolute Gasteiger partial charge is 0.256 e. The molecule has 0 radical (unpaired) electrons. The molecule has 2 rings (SSSR count). The molecule has 1 atom stereocenters. The van der Waals surface area contributed by atoms with Gasteiger partial charge in [-0.15, -0.1) is 0 Å². The van der Waals surface area contributed by atoms with Crippen LogP contribution in [0, 0.1) is 3.57 Å². The zero-order chi connectivity index (χ0) is 13.3. The van der Waals surface area contributed by atoms with Crippen molar-refractivity contribution in [3.05, 3.63) is 33.4 Å². The first kappa shape index (κ1) is 13.3. The molecule has 0 spiro atoms. The second-order valence-electron chi connectivity index (χ2n) is 4.78. The van der Waals surface area contributed by atoms with Gasteiger partial charge in [-0.1, -0.05) is 12.1 Å². The lowest BCUT2D eigenvalue weighted by Crippen LogP contribution is -2.40. The van der Waals surface area contributed by atoms with Gasteiger partial charge in [0.15, 0.2) is 5.96 Å². The molecule has 1 heterocycles. The molecule has 0 bridgehead atoms. The van der Waals surface area contributed by atoms with Crippen molar-refractivity contribution in [1.29, 1.82) is 0 Å². The fourth-order valence-corrected chi connectivity index (χ4v) is 2.23. The maximum Gasteiger partial charge on any atom is 0.256 e. The van der Waals surface area contributed by atoms with Crippen LogP contribution in [0.5, 0.6) is 0 Å². The monoisotopic (exact) mass is 357 g/mol. The molecule has 4 nitrogen and oxygen atoms in total. The second kappa shape index (κ2) is 4.87. The van der Waals surface area contributed by atoms with E-state index in [4.69, 9.17) is 0 Å². The van der Waals surface area contributed by atoms with Crippen LogP contribution in [0.25, 0.3) is 0 Å². The summed E-state index contributed by atoms with van der Waals surface area (Å²) >= 11 is 2.25. The Morgan fingerprint density at radius 3 is 2.44 bits per heavy atom. The summed E-state index contributed by atoms with van der Waals surface area (Å²) in [6, 6.07) is 8.06. The molecule has 18 heavy (non-hydrogen) atoms. The van der Waals surface area contributed by atoms with Crippen LogP contribution in [0.2, 0.25) is 0 Å². The van der Waals surface area contributed by atoms with Gasteiger partial charge in [0, 0.05) is 9.61 Å². The summed E-state index contributed by atoms with van der Waals surface area (Å²) in [5.74, 6) is 0.485. The first-order valence-electron chi connectivity index (χ1n) is 5.85. The number of halogens is 1. The molecule has 1 aromatic rings. The average Bonchev–Trinajstić information content (AvgIpc) is 2.55. The number of guanidine groups is 1. The van der Waals surface area contributed by atoms with Crippen molar-refractivity contribution in [2.45, 2.75) is 32.4 Å². The number of rotatable bonds is 2. The van der Waals surface area contributed by atoms with Crippen molar-refractivity contribution in [3.63, 3.8) is 0 Å². The molecule has 1 saturated heterocycles. The third-order valence-electron chi connectivity index (χ3n) is 2.86. The number of nitrogens with zero attached hydrogens (tertiary/aromatic N) is 1. The van der Waals surface area contributed by atoms with Gasteiger partial charge in [0.2, 0.25) is 0 Å². The molecule has 0 saturated carbocycles. The summed E-state index contributed by atoms with van der Waals surface area (Å²) in [6.45, 7) is 5.82. The van der Waals surface area contributed by atoms with E-state index in [1.807, 2.05) is 45.0 Å². The zero-order valence-electron chi connectivity index (χ0n) is 10.6. The van der Waals surface area contributed by atoms with E-state index in [1.54, 1.807) is 0 Å². The summed E-state index contributed by atoms with van der Waals surface area (Å²) in [4.78, 5) is 16.5. The Bertz CT molecular complexity index is 495. The first-order chi connectivity index (χ1) is 8.41. The van der Waals surface area contributed by atoms with Gasteiger partial charge in [0.05, 0.1) is 0 Å². The van der Waals surface area contributed by atoms with Crippen LogP contribution in [0.4, 0.5) is 0 Å². The predicted molar refractivity (Wildman–Crippen MR) is 80.4 cm³/mol. The van der Waals surface area contributed by atoms with Gasteiger partial charge in [0.25, 0.3) is 5.91 Å². The molecule has 1 fully saturated rings. The van der Waals surface area contributed by atoms with E-state index in [0.29, 0.717) is 5.96 Å². The van der Waals surface area contributed by atoms with E-state index in [-0.39, 0.29) is 11.9 Å². The number of carbonyl (C=O) groups is 1. The van der Waals surface area contributed by atoms with Crippen LogP contribution < -0.4 is 10.6 Å². The highest BCUT2D eigenvalue weighted by Crippen LogP contribution is 2.24. The zero-order valence-corrected chi connectivity index (χ0v) is 12.8. The third kappa shape index (κ3) is 2.50.